The number of aromatic nitrogens is 3. The van der Waals surface area contributed by atoms with Crippen LogP contribution in [0.2, 0.25) is 0 Å². The minimum absolute atomic E-state index is 0.117. The third-order valence-electron chi connectivity index (χ3n) is 5.08. The van der Waals surface area contributed by atoms with Crippen LogP contribution in [0.25, 0.3) is 39.2 Å². The Bertz CT molecular complexity index is 1400. The van der Waals surface area contributed by atoms with Gasteiger partial charge in [0.05, 0.1) is 11.1 Å². The van der Waals surface area contributed by atoms with E-state index in [1.165, 1.54) is 16.6 Å². The van der Waals surface area contributed by atoms with Crippen molar-refractivity contribution < 1.29 is 5.11 Å². The molecule has 0 atom stereocenters. The lowest BCUT2D eigenvalue weighted by Crippen LogP contribution is -2.19. The maximum absolute atomic E-state index is 13.4. The number of rotatable bonds is 3. The van der Waals surface area contributed by atoms with Crippen LogP contribution in [0.3, 0.4) is 0 Å². The molecule has 5 rings (SSSR count). The molecule has 0 radical (unpaired) electrons. The predicted octanol–water partition coefficient (Wildman–Crippen LogP) is 4.31. The van der Waals surface area contributed by atoms with Gasteiger partial charge in [-0.3, -0.25) is 4.79 Å². The van der Waals surface area contributed by atoms with Gasteiger partial charge in [0.15, 0.2) is 0 Å². The van der Waals surface area contributed by atoms with E-state index in [1.807, 2.05) is 60.7 Å². The molecule has 0 saturated carbocycles. The van der Waals surface area contributed by atoms with E-state index in [1.54, 1.807) is 12.1 Å². The van der Waals surface area contributed by atoms with Gasteiger partial charge in [0, 0.05) is 5.56 Å². The summed E-state index contributed by atoms with van der Waals surface area (Å²) in [5, 5.41) is 14.2. The fourth-order valence-corrected chi connectivity index (χ4v) is 3.68. The van der Waals surface area contributed by atoms with Crippen molar-refractivity contribution in [2.45, 2.75) is 0 Å². The van der Waals surface area contributed by atoms with Gasteiger partial charge in [-0.2, -0.15) is 9.61 Å². The van der Waals surface area contributed by atoms with E-state index < -0.39 is 0 Å². The van der Waals surface area contributed by atoms with Crippen LogP contribution in [-0.4, -0.2) is 19.7 Å². The van der Waals surface area contributed by atoms with Crippen LogP contribution in [0.1, 0.15) is 0 Å². The highest BCUT2D eigenvalue weighted by Gasteiger charge is 2.21. The van der Waals surface area contributed by atoms with E-state index in [0.29, 0.717) is 22.5 Å². The number of nitrogens with two attached hydrogens (primary N) is 1. The lowest BCUT2D eigenvalue weighted by molar-refractivity contribution is 0.475. The Labute approximate surface area is 171 Å². The van der Waals surface area contributed by atoms with Gasteiger partial charge < -0.3 is 15.8 Å². The van der Waals surface area contributed by atoms with Gasteiger partial charge in [0.2, 0.25) is 0 Å². The van der Waals surface area contributed by atoms with Crippen molar-refractivity contribution in [2.75, 3.05) is 5.73 Å². The summed E-state index contributed by atoms with van der Waals surface area (Å²) in [5.74, 6) is 0.363. The van der Waals surface area contributed by atoms with Gasteiger partial charge in [-0.1, -0.05) is 72.8 Å². The zero-order chi connectivity index (χ0) is 20.7. The first kappa shape index (κ1) is 17.8. The summed E-state index contributed by atoms with van der Waals surface area (Å²) in [5.41, 5.74) is 10.7. The van der Waals surface area contributed by atoms with Gasteiger partial charge in [-0.15, -0.1) is 0 Å². The average molecular weight is 394 g/mol. The summed E-state index contributed by atoms with van der Waals surface area (Å²) >= 11 is 0. The topological polar surface area (TPSA) is 96.4 Å². The lowest BCUT2D eigenvalue weighted by atomic mass is 10.0. The molecule has 0 unspecified atom stereocenters. The van der Waals surface area contributed by atoms with Crippen LogP contribution < -0.4 is 11.3 Å². The second-order valence-electron chi connectivity index (χ2n) is 6.98. The Hall–Kier alpha value is -4.32. The number of hydrogen-bond acceptors (Lipinski definition) is 4. The van der Waals surface area contributed by atoms with E-state index in [2.05, 4.69) is 10.1 Å². The van der Waals surface area contributed by atoms with E-state index in [-0.39, 0.29) is 17.1 Å². The molecule has 0 saturated heterocycles. The van der Waals surface area contributed by atoms with E-state index in [9.17, 15) is 9.90 Å². The normalized spacial score (nSPS) is 11.1. The van der Waals surface area contributed by atoms with Crippen LogP contribution >= 0.6 is 0 Å². The first-order valence-electron chi connectivity index (χ1n) is 9.48. The second kappa shape index (κ2) is 6.93. The predicted molar refractivity (Wildman–Crippen MR) is 118 cm³/mol. The minimum atomic E-state index is -0.327. The first-order chi connectivity index (χ1) is 14.6. The van der Waals surface area contributed by atoms with E-state index in [0.717, 1.165) is 16.7 Å². The molecule has 0 fully saturated rings. The molecule has 0 aliphatic carbocycles. The number of aromatic hydroxyl groups is 1. The summed E-state index contributed by atoms with van der Waals surface area (Å²) in [4.78, 5) is 16.6. The maximum Gasteiger partial charge on any atom is 0.284 e. The average Bonchev–Trinajstić information content (AvgIpc) is 3.16. The van der Waals surface area contributed by atoms with Crippen LogP contribution in [0, 0.1) is 0 Å². The van der Waals surface area contributed by atoms with Crippen molar-refractivity contribution in [3.63, 3.8) is 0 Å². The minimum Gasteiger partial charge on any atom is -0.508 e. The molecule has 5 aromatic rings. The Morgan fingerprint density at radius 1 is 0.767 bits per heavy atom. The molecular weight excluding hydrogens is 376 g/mol. The zero-order valence-corrected chi connectivity index (χ0v) is 15.9. The fraction of sp³-hybridized carbons (Fsp3) is 0. The molecule has 2 heterocycles. The monoisotopic (exact) mass is 394 g/mol. The fourth-order valence-electron chi connectivity index (χ4n) is 3.68. The van der Waals surface area contributed by atoms with E-state index in [4.69, 9.17) is 5.73 Å². The highest BCUT2D eigenvalue weighted by molar-refractivity contribution is 5.91. The molecule has 30 heavy (non-hydrogen) atoms. The van der Waals surface area contributed by atoms with Crippen LogP contribution in [0.4, 0.5) is 5.82 Å². The van der Waals surface area contributed by atoms with Crippen LogP contribution in [0.5, 0.6) is 5.75 Å². The SMILES string of the molecule is Nc1[nH]c2c(-c3ccccc3)c(-c3ccccc3)nn2c(=O)c1-c1ccc(O)cc1. The number of hydrogen-bond donors (Lipinski definition) is 3. The Morgan fingerprint density at radius 3 is 1.97 bits per heavy atom. The van der Waals surface area contributed by atoms with Crippen molar-refractivity contribution in [2.24, 2.45) is 0 Å². The molecule has 0 aliphatic heterocycles. The quantitative estimate of drug-likeness (QED) is 0.425. The molecule has 0 aliphatic rings. The Kier molecular flexibility index (Phi) is 4.10. The number of nitrogens with zero attached hydrogens (tertiary/aromatic N) is 2. The molecule has 0 amide bonds. The number of nitrogen functional groups attached to an aromatic ring is 1. The number of H-pyrrole nitrogens is 1. The molecule has 2 aromatic heterocycles. The third kappa shape index (κ3) is 2.82. The van der Waals surface area contributed by atoms with Gasteiger partial charge in [0.1, 0.15) is 22.9 Å². The number of aromatic amines is 1. The third-order valence-corrected chi connectivity index (χ3v) is 5.08. The molecule has 6 heteroatoms. The van der Waals surface area contributed by atoms with Gasteiger partial charge in [0.25, 0.3) is 5.56 Å². The first-order valence-corrected chi connectivity index (χ1v) is 9.48. The molecule has 4 N–H and O–H groups in total. The molecule has 3 aromatic carbocycles. The largest absolute Gasteiger partial charge is 0.508 e. The maximum atomic E-state index is 13.4. The van der Waals surface area contributed by atoms with Gasteiger partial charge in [-0.05, 0) is 23.3 Å². The summed E-state index contributed by atoms with van der Waals surface area (Å²) in [6, 6.07) is 25.9. The molecule has 0 bridgehead atoms. The standard InChI is InChI=1S/C24H18N4O2/c25-22-20(16-11-13-18(29)14-12-16)24(30)28-23(26-22)19(15-7-3-1-4-8-15)21(27-28)17-9-5-2-6-10-17/h1-14,26,29H,25H2. The Morgan fingerprint density at radius 2 is 1.33 bits per heavy atom. The molecule has 0 spiro atoms. The highest BCUT2D eigenvalue weighted by Crippen LogP contribution is 2.35. The molecule has 146 valence electrons. The van der Waals surface area contributed by atoms with Gasteiger partial charge in [-0.25, -0.2) is 0 Å². The number of fused-ring (bicyclic) bond motifs is 1. The van der Waals surface area contributed by atoms with Crippen molar-refractivity contribution >= 4 is 11.5 Å². The molecule has 6 nitrogen and oxygen atoms in total. The summed E-state index contributed by atoms with van der Waals surface area (Å²) < 4.78 is 1.36. The van der Waals surface area contributed by atoms with Crippen molar-refractivity contribution in [1.82, 2.24) is 14.6 Å². The summed E-state index contributed by atoms with van der Waals surface area (Å²) in [7, 11) is 0. The number of phenols is 1. The molecular formula is C24H18N4O2. The summed E-state index contributed by atoms with van der Waals surface area (Å²) in [6.07, 6.45) is 0. The number of phenolic OH excluding ortho intramolecular Hbond substituents is 1. The number of benzene rings is 3. The lowest BCUT2D eigenvalue weighted by Gasteiger charge is -2.08. The van der Waals surface area contributed by atoms with Crippen molar-refractivity contribution in [1.29, 1.82) is 0 Å². The van der Waals surface area contributed by atoms with Crippen LogP contribution in [0.15, 0.2) is 89.7 Å². The highest BCUT2D eigenvalue weighted by atomic mass is 16.3. The van der Waals surface area contributed by atoms with Gasteiger partial charge >= 0.3 is 0 Å². The number of nitrogens with one attached hydrogen (secondary N) is 1. The summed E-state index contributed by atoms with van der Waals surface area (Å²) in [6.45, 7) is 0. The smallest absolute Gasteiger partial charge is 0.284 e. The second-order valence-corrected chi connectivity index (χ2v) is 6.98. The Balaban J connectivity index is 1.86. The van der Waals surface area contributed by atoms with E-state index >= 15 is 0 Å². The number of anilines is 1. The van der Waals surface area contributed by atoms with Crippen molar-refractivity contribution in [3.8, 4) is 39.3 Å². The van der Waals surface area contributed by atoms with Crippen molar-refractivity contribution in [3.05, 3.63) is 95.3 Å². The van der Waals surface area contributed by atoms with Crippen LogP contribution in [-0.2, 0) is 0 Å². The zero-order valence-electron chi connectivity index (χ0n) is 15.9.